The van der Waals surface area contributed by atoms with Crippen molar-refractivity contribution in [1.29, 1.82) is 0 Å². The molecule has 1 aliphatic rings. The van der Waals surface area contributed by atoms with Gasteiger partial charge in [-0.2, -0.15) is 13.2 Å². The summed E-state index contributed by atoms with van der Waals surface area (Å²) in [5.74, 6) is 0.979. The Morgan fingerprint density at radius 1 is 1.25 bits per heavy atom. The van der Waals surface area contributed by atoms with Gasteiger partial charge < -0.3 is 5.11 Å². The van der Waals surface area contributed by atoms with Gasteiger partial charge in [0, 0.05) is 6.42 Å². The molecular weight excluding hydrogens is 217 g/mol. The van der Waals surface area contributed by atoms with Crippen LogP contribution in [-0.4, -0.2) is 16.9 Å². The summed E-state index contributed by atoms with van der Waals surface area (Å²) < 4.78 is 36.0. The van der Waals surface area contributed by atoms with E-state index in [0.717, 1.165) is 6.42 Å². The first-order valence-corrected chi connectivity index (χ1v) is 6.01. The van der Waals surface area contributed by atoms with Gasteiger partial charge in [-0.1, -0.05) is 13.8 Å². The van der Waals surface area contributed by atoms with Crippen molar-refractivity contribution in [3.05, 3.63) is 0 Å². The lowest BCUT2D eigenvalue weighted by Crippen LogP contribution is -2.37. The Balaban J connectivity index is 2.35. The van der Waals surface area contributed by atoms with Crippen LogP contribution in [0.1, 0.15) is 52.4 Å². The second-order valence-electron chi connectivity index (χ2n) is 5.39. The predicted molar refractivity (Wildman–Crippen MR) is 57.0 cm³/mol. The first kappa shape index (κ1) is 13.8. The quantitative estimate of drug-likeness (QED) is 0.790. The number of rotatable bonds is 3. The van der Waals surface area contributed by atoms with E-state index in [2.05, 4.69) is 13.8 Å². The van der Waals surface area contributed by atoms with E-state index in [-0.39, 0.29) is 12.8 Å². The molecule has 0 bridgehead atoms. The standard InChI is InChI=1S/C12H21F3O/c1-9-4-7-11(16,8-10(9)2)5-3-6-12(13,14)15/h9-10,16H,3-8H2,1-2H3. The van der Waals surface area contributed by atoms with Crippen molar-refractivity contribution in [2.24, 2.45) is 11.8 Å². The average molecular weight is 238 g/mol. The lowest BCUT2D eigenvalue weighted by Gasteiger charge is -2.39. The third-order valence-corrected chi connectivity index (χ3v) is 3.84. The van der Waals surface area contributed by atoms with Gasteiger partial charge in [0.15, 0.2) is 0 Å². The minimum atomic E-state index is -4.09. The van der Waals surface area contributed by atoms with Crippen molar-refractivity contribution in [2.75, 3.05) is 0 Å². The SMILES string of the molecule is CC1CCC(O)(CCCC(F)(F)F)CC1C. The molecule has 0 spiro atoms. The van der Waals surface area contributed by atoms with E-state index in [1.807, 2.05) is 0 Å². The highest BCUT2D eigenvalue weighted by atomic mass is 19.4. The highest BCUT2D eigenvalue weighted by Gasteiger charge is 2.36. The molecule has 3 unspecified atom stereocenters. The van der Waals surface area contributed by atoms with Crippen LogP contribution in [0.5, 0.6) is 0 Å². The minimum absolute atomic E-state index is 0.0428. The fourth-order valence-electron chi connectivity index (χ4n) is 2.53. The van der Waals surface area contributed by atoms with Crippen LogP contribution < -0.4 is 0 Å². The molecule has 0 aromatic heterocycles. The highest BCUT2D eigenvalue weighted by molar-refractivity contribution is 4.87. The molecule has 0 heterocycles. The molecule has 0 radical (unpaired) electrons. The first-order chi connectivity index (χ1) is 7.22. The summed E-state index contributed by atoms with van der Waals surface area (Å²) in [7, 11) is 0. The zero-order valence-corrected chi connectivity index (χ0v) is 9.98. The maximum atomic E-state index is 12.0. The third-order valence-electron chi connectivity index (χ3n) is 3.84. The molecule has 0 aromatic rings. The fraction of sp³-hybridized carbons (Fsp3) is 1.00. The van der Waals surface area contributed by atoms with Gasteiger partial charge in [0.2, 0.25) is 0 Å². The van der Waals surface area contributed by atoms with E-state index in [0.29, 0.717) is 24.7 Å². The van der Waals surface area contributed by atoms with Crippen molar-refractivity contribution < 1.29 is 18.3 Å². The lowest BCUT2D eigenvalue weighted by atomic mass is 9.71. The number of hydrogen-bond acceptors (Lipinski definition) is 1. The Morgan fingerprint density at radius 3 is 2.38 bits per heavy atom. The smallest absolute Gasteiger partial charge is 0.389 e. The largest absolute Gasteiger partial charge is 0.390 e. The van der Waals surface area contributed by atoms with Crippen LogP contribution in [0.2, 0.25) is 0 Å². The molecule has 16 heavy (non-hydrogen) atoms. The molecule has 1 rings (SSSR count). The summed E-state index contributed by atoms with van der Waals surface area (Å²) >= 11 is 0. The van der Waals surface area contributed by atoms with Crippen LogP contribution >= 0.6 is 0 Å². The minimum Gasteiger partial charge on any atom is -0.390 e. The van der Waals surface area contributed by atoms with Gasteiger partial charge >= 0.3 is 6.18 Å². The van der Waals surface area contributed by atoms with E-state index < -0.39 is 18.2 Å². The van der Waals surface area contributed by atoms with Gasteiger partial charge in [-0.05, 0) is 43.9 Å². The van der Waals surface area contributed by atoms with Gasteiger partial charge in [-0.25, -0.2) is 0 Å². The maximum Gasteiger partial charge on any atom is 0.389 e. The number of alkyl halides is 3. The van der Waals surface area contributed by atoms with E-state index in [9.17, 15) is 18.3 Å². The summed E-state index contributed by atoms with van der Waals surface area (Å²) in [6.07, 6.45) is -2.33. The van der Waals surface area contributed by atoms with Gasteiger partial charge in [0.25, 0.3) is 0 Å². The molecule has 1 nitrogen and oxygen atoms in total. The zero-order chi connectivity index (χ0) is 12.4. The van der Waals surface area contributed by atoms with Gasteiger partial charge in [-0.3, -0.25) is 0 Å². The molecule has 0 saturated heterocycles. The molecule has 96 valence electrons. The van der Waals surface area contributed by atoms with Crippen molar-refractivity contribution in [1.82, 2.24) is 0 Å². The molecule has 3 atom stereocenters. The molecule has 0 aromatic carbocycles. The lowest BCUT2D eigenvalue weighted by molar-refractivity contribution is -0.139. The monoisotopic (exact) mass is 238 g/mol. The van der Waals surface area contributed by atoms with Crippen LogP contribution in [0.15, 0.2) is 0 Å². The van der Waals surface area contributed by atoms with E-state index >= 15 is 0 Å². The first-order valence-electron chi connectivity index (χ1n) is 6.01. The second kappa shape index (κ2) is 4.94. The summed E-state index contributed by atoms with van der Waals surface area (Å²) in [5, 5.41) is 10.2. The Kier molecular flexibility index (Phi) is 4.27. The topological polar surface area (TPSA) is 20.2 Å². The van der Waals surface area contributed by atoms with Crippen LogP contribution in [-0.2, 0) is 0 Å². The average Bonchev–Trinajstić information content (AvgIpc) is 2.10. The van der Waals surface area contributed by atoms with Gasteiger partial charge in [0.1, 0.15) is 0 Å². The normalized spacial score (nSPS) is 36.4. The summed E-state index contributed by atoms with van der Waals surface area (Å²) in [5.41, 5.74) is -0.850. The molecule has 0 aliphatic heterocycles. The maximum absolute atomic E-state index is 12.0. The van der Waals surface area contributed by atoms with Crippen molar-refractivity contribution in [3.63, 3.8) is 0 Å². The molecule has 1 saturated carbocycles. The van der Waals surface area contributed by atoms with E-state index in [1.54, 1.807) is 0 Å². The Labute approximate surface area is 95.0 Å². The number of halogens is 3. The number of hydrogen-bond donors (Lipinski definition) is 1. The Bertz CT molecular complexity index is 227. The van der Waals surface area contributed by atoms with Crippen LogP contribution in [0.25, 0.3) is 0 Å². The highest BCUT2D eigenvalue weighted by Crippen LogP contribution is 2.39. The number of aliphatic hydroxyl groups is 1. The molecule has 1 fully saturated rings. The third kappa shape index (κ3) is 4.32. The van der Waals surface area contributed by atoms with Crippen LogP contribution in [0, 0.1) is 11.8 Å². The Morgan fingerprint density at radius 2 is 1.88 bits per heavy atom. The molecular formula is C12H21F3O. The Hall–Kier alpha value is -0.250. The van der Waals surface area contributed by atoms with Crippen molar-refractivity contribution in [3.8, 4) is 0 Å². The summed E-state index contributed by atoms with van der Waals surface area (Å²) in [4.78, 5) is 0. The fourth-order valence-corrected chi connectivity index (χ4v) is 2.53. The molecule has 1 aliphatic carbocycles. The van der Waals surface area contributed by atoms with Crippen molar-refractivity contribution >= 4 is 0 Å². The summed E-state index contributed by atoms with van der Waals surface area (Å²) in [6.45, 7) is 4.21. The van der Waals surface area contributed by atoms with Gasteiger partial charge in [-0.15, -0.1) is 0 Å². The predicted octanol–water partition coefficient (Wildman–Crippen LogP) is 3.91. The van der Waals surface area contributed by atoms with E-state index in [4.69, 9.17) is 0 Å². The molecule has 4 heteroatoms. The zero-order valence-electron chi connectivity index (χ0n) is 9.98. The molecule has 0 amide bonds. The molecule has 1 N–H and O–H groups in total. The second-order valence-corrected chi connectivity index (χ2v) is 5.39. The van der Waals surface area contributed by atoms with Gasteiger partial charge in [0.05, 0.1) is 5.60 Å². The van der Waals surface area contributed by atoms with E-state index in [1.165, 1.54) is 0 Å². The van der Waals surface area contributed by atoms with Crippen LogP contribution in [0.4, 0.5) is 13.2 Å². The summed E-state index contributed by atoms with van der Waals surface area (Å²) in [6, 6.07) is 0. The van der Waals surface area contributed by atoms with Crippen LogP contribution in [0.3, 0.4) is 0 Å². The van der Waals surface area contributed by atoms with Crippen molar-refractivity contribution in [2.45, 2.75) is 64.1 Å².